The van der Waals surface area contributed by atoms with E-state index >= 15 is 0 Å². The van der Waals surface area contributed by atoms with Crippen LogP contribution in [0, 0.1) is 0 Å². The molecular formula is C14H20ClN3. The van der Waals surface area contributed by atoms with Crippen molar-refractivity contribution >= 4 is 17.4 Å². The van der Waals surface area contributed by atoms with Crippen LogP contribution in [0.4, 0.5) is 5.82 Å². The van der Waals surface area contributed by atoms with Gasteiger partial charge in [-0.2, -0.15) is 0 Å². The quantitative estimate of drug-likeness (QED) is 0.770. The molecule has 0 spiro atoms. The van der Waals surface area contributed by atoms with Crippen LogP contribution in [0.25, 0.3) is 0 Å². The molecule has 0 aromatic carbocycles. The Balaban J connectivity index is 1.94. The number of hydrogen-bond donors (Lipinski definition) is 0. The van der Waals surface area contributed by atoms with Crippen molar-refractivity contribution in [2.45, 2.75) is 51.0 Å². The van der Waals surface area contributed by atoms with Crippen LogP contribution in [-0.4, -0.2) is 28.4 Å². The summed E-state index contributed by atoms with van der Waals surface area (Å²) in [6, 6.07) is 0.453. The first kappa shape index (κ1) is 12.2. The molecule has 0 amide bonds. The van der Waals surface area contributed by atoms with Gasteiger partial charge in [0.1, 0.15) is 12.1 Å². The van der Waals surface area contributed by atoms with Gasteiger partial charge < -0.3 is 4.90 Å². The van der Waals surface area contributed by atoms with Gasteiger partial charge in [0.25, 0.3) is 0 Å². The summed E-state index contributed by atoms with van der Waals surface area (Å²) in [5, 5.41) is 0. The van der Waals surface area contributed by atoms with Crippen molar-refractivity contribution in [3.63, 3.8) is 0 Å². The Bertz CT molecular complexity index is 422. The third-order valence-corrected chi connectivity index (χ3v) is 4.54. The highest BCUT2D eigenvalue weighted by Gasteiger charge is 2.26. The lowest BCUT2D eigenvalue weighted by Crippen LogP contribution is -2.37. The molecule has 0 N–H and O–H groups in total. The second kappa shape index (κ2) is 5.43. The van der Waals surface area contributed by atoms with Gasteiger partial charge in [0.05, 0.1) is 0 Å². The standard InChI is InChI=1S/C14H20ClN3/c15-9-11-5-2-1-3-8-18(11)14-12-6-4-7-13(12)16-10-17-14/h10-11H,1-9H2. The lowest BCUT2D eigenvalue weighted by molar-refractivity contribution is 0.613. The van der Waals surface area contributed by atoms with E-state index in [-0.39, 0.29) is 0 Å². The molecular weight excluding hydrogens is 246 g/mol. The van der Waals surface area contributed by atoms with Crippen LogP contribution in [0.5, 0.6) is 0 Å². The molecule has 3 rings (SSSR count). The topological polar surface area (TPSA) is 29.0 Å². The lowest BCUT2D eigenvalue weighted by atomic mass is 10.1. The highest BCUT2D eigenvalue weighted by atomic mass is 35.5. The lowest BCUT2D eigenvalue weighted by Gasteiger charge is -2.31. The Morgan fingerprint density at radius 3 is 3.00 bits per heavy atom. The molecule has 3 nitrogen and oxygen atoms in total. The summed E-state index contributed by atoms with van der Waals surface area (Å²) in [5.74, 6) is 1.88. The molecule has 1 aromatic rings. The Hall–Kier alpha value is -0.830. The number of alkyl halides is 1. The normalized spacial score (nSPS) is 23.8. The van der Waals surface area contributed by atoms with Gasteiger partial charge in [-0.1, -0.05) is 12.8 Å². The molecule has 18 heavy (non-hydrogen) atoms. The number of halogens is 1. The molecule has 0 radical (unpaired) electrons. The first-order chi connectivity index (χ1) is 8.90. The Kier molecular flexibility index (Phi) is 3.69. The highest BCUT2D eigenvalue weighted by Crippen LogP contribution is 2.31. The minimum Gasteiger partial charge on any atom is -0.352 e. The van der Waals surface area contributed by atoms with E-state index in [1.807, 2.05) is 0 Å². The molecule has 1 saturated heterocycles. The van der Waals surface area contributed by atoms with Crippen LogP contribution in [0.1, 0.15) is 43.4 Å². The zero-order chi connectivity index (χ0) is 12.4. The predicted octanol–water partition coefficient (Wildman–Crippen LogP) is 2.95. The van der Waals surface area contributed by atoms with Gasteiger partial charge in [0.15, 0.2) is 0 Å². The fourth-order valence-electron chi connectivity index (χ4n) is 3.21. The van der Waals surface area contributed by atoms with Gasteiger partial charge in [0, 0.05) is 29.7 Å². The van der Waals surface area contributed by atoms with Crippen LogP contribution in [-0.2, 0) is 12.8 Å². The van der Waals surface area contributed by atoms with Crippen molar-refractivity contribution in [1.29, 1.82) is 0 Å². The van der Waals surface area contributed by atoms with Gasteiger partial charge in [0.2, 0.25) is 0 Å². The minimum absolute atomic E-state index is 0.453. The van der Waals surface area contributed by atoms with E-state index in [0.717, 1.165) is 19.4 Å². The number of fused-ring (bicyclic) bond motifs is 1. The first-order valence-corrected chi connectivity index (χ1v) is 7.59. The van der Waals surface area contributed by atoms with Crippen molar-refractivity contribution < 1.29 is 0 Å². The Morgan fingerprint density at radius 1 is 1.17 bits per heavy atom. The van der Waals surface area contributed by atoms with Crippen LogP contribution in [0.15, 0.2) is 6.33 Å². The van der Waals surface area contributed by atoms with Crippen LogP contribution in [0.2, 0.25) is 0 Å². The number of rotatable bonds is 2. The SMILES string of the molecule is ClCC1CCCCCN1c1ncnc2c1CCC2. The van der Waals surface area contributed by atoms with E-state index in [4.69, 9.17) is 11.6 Å². The summed E-state index contributed by atoms with van der Waals surface area (Å²) in [7, 11) is 0. The second-order valence-electron chi connectivity index (χ2n) is 5.33. The Labute approximate surface area is 114 Å². The van der Waals surface area contributed by atoms with Gasteiger partial charge in [-0.3, -0.25) is 0 Å². The van der Waals surface area contributed by atoms with Crippen LogP contribution >= 0.6 is 11.6 Å². The van der Waals surface area contributed by atoms with Crippen molar-refractivity contribution in [2.75, 3.05) is 17.3 Å². The molecule has 98 valence electrons. The summed E-state index contributed by atoms with van der Waals surface area (Å²) >= 11 is 6.16. The summed E-state index contributed by atoms with van der Waals surface area (Å²) in [5.41, 5.74) is 2.65. The molecule has 0 bridgehead atoms. The van der Waals surface area contributed by atoms with Crippen molar-refractivity contribution in [3.05, 3.63) is 17.6 Å². The molecule has 1 aliphatic carbocycles. The van der Waals surface area contributed by atoms with E-state index in [0.29, 0.717) is 11.9 Å². The molecule has 0 saturated carbocycles. The zero-order valence-corrected chi connectivity index (χ0v) is 11.5. The smallest absolute Gasteiger partial charge is 0.135 e. The molecule has 1 aliphatic heterocycles. The van der Waals surface area contributed by atoms with Crippen LogP contribution in [0.3, 0.4) is 0 Å². The maximum Gasteiger partial charge on any atom is 0.135 e. The van der Waals surface area contributed by atoms with E-state index in [1.54, 1.807) is 6.33 Å². The summed E-state index contributed by atoms with van der Waals surface area (Å²) in [6.07, 6.45) is 10.3. The third kappa shape index (κ3) is 2.20. The maximum atomic E-state index is 6.16. The van der Waals surface area contributed by atoms with E-state index in [9.17, 15) is 0 Å². The fraction of sp³-hybridized carbons (Fsp3) is 0.714. The van der Waals surface area contributed by atoms with Crippen LogP contribution < -0.4 is 4.90 Å². The van der Waals surface area contributed by atoms with Crippen molar-refractivity contribution in [3.8, 4) is 0 Å². The maximum absolute atomic E-state index is 6.16. The minimum atomic E-state index is 0.453. The fourth-order valence-corrected chi connectivity index (χ4v) is 3.53. The molecule has 2 aliphatic rings. The molecule has 1 fully saturated rings. The van der Waals surface area contributed by atoms with Gasteiger partial charge in [-0.15, -0.1) is 11.6 Å². The van der Waals surface area contributed by atoms with Gasteiger partial charge >= 0.3 is 0 Å². The number of anilines is 1. The predicted molar refractivity (Wildman–Crippen MR) is 74.4 cm³/mol. The summed E-state index contributed by atoms with van der Waals surface area (Å²) in [6.45, 7) is 1.10. The average Bonchev–Trinajstić information content (AvgIpc) is 2.76. The molecule has 2 heterocycles. The second-order valence-corrected chi connectivity index (χ2v) is 5.64. The number of nitrogens with zero attached hydrogens (tertiary/aromatic N) is 3. The van der Waals surface area contributed by atoms with Gasteiger partial charge in [-0.25, -0.2) is 9.97 Å². The molecule has 1 atom stereocenters. The monoisotopic (exact) mass is 265 g/mol. The molecule has 1 aromatic heterocycles. The van der Waals surface area contributed by atoms with Gasteiger partial charge in [-0.05, 0) is 32.1 Å². The highest BCUT2D eigenvalue weighted by molar-refractivity contribution is 6.18. The van der Waals surface area contributed by atoms with Crippen molar-refractivity contribution in [2.24, 2.45) is 0 Å². The summed E-state index contributed by atoms with van der Waals surface area (Å²) < 4.78 is 0. The molecule has 1 unspecified atom stereocenters. The number of aromatic nitrogens is 2. The average molecular weight is 266 g/mol. The van der Waals surface area contributed by atoms with Crippen molar-refractivity contribution in [1.82, 2.24) is 9.97 Å². The van der Waals surface area contributed by atoms with E-state index in [2.05, 4.69) is 14.9 Å². The number of aryl methyl sites for hydroxylation is 1. The third-order valence-electron chi connectivity index (χ3n) is 4.18. The Morgan fingerprint density at radius 2 is 2.11 bits per heavy atom. The first-order valence-electron chi connectivity index (χ1n) is 7.05. The zero-order valence-electron chi connectivity index (χ0n) is 10.7. The van der Waals surface area contributed by atoms with E-state index < -0.39 is 0 Å². The number of hydrogen-bond acceptors (Lipinski definition) is 3. The summed E-state index contributed by atoms with van der Waals surface area (Å²) in [4.78, 5) is 11.4. The molecule has 4 heteroatoms. The van der Waals surface area contributed by atoms with E-state index in [1.165, 1.54) is 49.2 Å². The largest absolute Gasteiger partial charge is 0.352 e.